The zero-order valence-corrected chi connectivity index (χ0v) is 11.2. The number of rotatable bonds is 1. The lowest BCUT2D eigenvalue weighted by atomic mass is 10.1. The van der Waals surface area contributed by atoms with Crippen molar-refractivity contribution in [3.8, 4) is 22.3 Å². The van der Waals surface area contributed by atoms with Crippen LogP contribution in [0, 0.1) is 11.8 Å². The SMILES string of the molecule is C(#Cc1ccccc1-c1cccs1)c1ccccc1. The second-order valence-electron chi connectivity index (χ2n) is 4.14. The molecule has 0 amide bonds. The van der Waals surface area contributed by atoms with Crippen LogP contribution in [-0.4, -0.2) is 0 Å². The van der Waals surface area contributed by atoms with Gasteiger partial charge >= 0.3 is 0 Å². The summed E-state index contributed by atoms with van der Waals surface area (Å²) in [4.78, 5) is 1.26. The van der Waals surface area contributed by atoms with Crippen LogP contribution >= 0.6 is 11.3 Å². The van der Waals surface area contributed by atoms with Gasteiger partial charge in [0.25, 0.3) is 0 Å². The van der Waals surface area contributed by atoms with Gasteiger partial charge in [0, 0.05) is 21.6 Å². The number of benzene rings is 2. The topological polar surface area (TPSA) is 0 Å². The molecule has 0 aliphatic rings. The molecule has 0 nitrogen and oxygen atoms in total. The summed E-state index contributed by atoms with van der Waals surface area (Å²) in [5.41, 5.74) is 3.33. The summed E-state index contributed by atoms with van der Waals surface area (Å²) >= 11 is 1.74. The van der Waals surface area contributed by atoms with Gasteiger partial charge in [0.1, 0.15) is 0 Å². The second-order valence-corrected chi connectivity index (χ2v) is 5.09. The van der Waals surface area contributed by atoms with E-state index in [2.05, 4.69) is 47.6 Å². The van der Waals surface area contributed by atoms with Crippen molar-refractivity contribution >= 4 is 11.3 Å². The minimum absolute atomic E-state index is 1.04. The molecule has 0 aliphatic heterocycles. The Hall–Kier alpha value is -2.30. The molecular formula is C18H12S. The van der Waals surface area contributed by atoms with Gasteiger partial charge in [-0.3, -0.25) is 0 Å². The highest BCUT2D eigenvalue weighted by Crippen LogP contribution is 2.27. The summed E-state index contributed by atoms with van der Waals surface area (Å²) in [6.45, 7) is 0. The van der Waals surface area contributed by atoms with E-state index >= 15 is 0 Å². The lowest BCUT2D eigenvalue weighted by Gasteiger charge is -2.00. The Kier molecular flexibility index (Phi) is 3.45. The zero-order valence-electron chi connectivity index (χ0n) is 10.3. The Morgan fingerprint density at radius 1 is 0.684 bits per heavy atom. The molecule has 0 spiro atoms. The van der Waals surface area contributed by atoms with Gasteiger partial charge < -0.3 is 0 Å². The van der Waals surface area contributed by atoms with Crippen molar-refractivity contribution in [3.05, 3.63) is 83.2 Å². The zero-order chi connectivity index (χ0) is 12.9. The van der Waals surface area contributed by atoms with Crippen LogP contribution in [0.1, 0.15) is 11.1 Å². The lowest BCUT2D eigenvalue weighted by molar-refractivity contribution is 1.62. The standard InChI is InChI=1S/C18H12S/c1-2-7-15(8-3-1)12-13-16-9-4-5-10-17(16)18-11-6-14-19-18/h1-11,14H. The van der Waals surface area contributed by atoms with Crippen LogP contribution < -0.4 is 0 Å². The van der Waals surface area contributed by atoms with E-state index < -0.39 is 0 Å². The number of hydrogen-bond acceptors (Lipinski definition) is 1. The van der Waals surface area contributed by atoms with Crippen molar-refractivity contribution in [1.29, 1.82) is 0 Å². The van der Waals surface area contributed by atoms with E-state index in [-0.39, 0.29) is 0 Å². The minimum atomic E-state index is 1.04. The van der Waals surface area contributed by atoms with Crippen LogP contribution in [0.2, 0.25) is 0 Å². The first kappa shape index (κ1) is 11.8. The first-order valence-electron chi connectivity index (χ1n) is 6.13. The summed E-state index contributed by atoms with van der Waals surface area (Å²) in [5.74, 6) is 6.49. The van der Waals surface area contributed by atoms with Crippen LogP contribution in [0.3, 0.4) is 0 Å². The van der Waals surface area contributed by atoms with Crippen LogP contribution in [0.5, 0.6) is 0 Å². The molecule has 0 radical (unpaired) electrons. The first-order valence-corrected chi connectivity index (χ1v) is 7.01. The van der Waals surface area contributed by atoms with E-state index in [1.54, 1.807) is 11.3 Å². The summed E-state index contributed by atoms with van der Waals surface area (Å²) in [6.07, 6.45) is 0. The fourth-order valence-corrected chi connectivity index (χ4v) is 2.67. The molecule has 90 valence electrons. The van der Waals surface area contributed by atoms with Gasteiger partial charge in [0.15, 0.2) is 0 Å². The van der Waals surface area contributed by atoms with Crippen molar-refractivity contribution in [1.82, 2.24) is 0 Å². The quantitative estimate of drug-likeness (QED) is 0.550. The second kappa shape index (κ2) is 5.56. The Bertz CT molecular complexity index is 713. The summed E-state index contributed by atoms with van der Waals surface area (Å²) in [5, 5.41) is 2.09. The van der Waals surface area contributed by atoms with E-state index in [1.165, 1.54) is 10.4 Å². The molecule has 3 rings (SSSR count). The monoisotopic (exact) mass is 260 g/mol. The molecule has 1 heteroatoms. The highest BCUT2D eigenvalue weighted by atomic mass is 32.1. The molecule has 0 bridgehead atoms. The third kappa shape index (κ3) is 2.76. The van der Waals surface area contributed by atoms with Crippen LogP contribution in [0.15, 0.2) is 72.1 Å². The smallest absolute Gasteiger partial charge is 0.0355 e. The van der Waals surface area contributed by atoms with Gasteiger partial charge in [-0.25, -0.2) is 0 Å². The maximum atomic E-state index is 3.27. The van der Waals surface area contributed by atoms with Gasteiger partial charge in [-0.05, 0) is 29.6 Å². The van der Waals surface area contributed by atoms with Gasteiger partial charge in [-0.1, -0.05) is 54.3 Å². The fourth-order valence-electron chi connectivity index (χ4n) is 1.90. The molecule has 0 N–H and O–H groups in total. The number of thiophene rings is 1. The third-order valence-corrected chi connectivity index (χ3v) is 3.73. The van der Waals surface area contributed by atoms with Gasteiger partial charge in [-0.15, -0.1) is 11.3 Å². The normalized spacial score (nSPS) is 9.68. The van der Waals surface area contributed by atoms with Crippen LogP contribution in [-0.2, 0) is 0 Å². The molecule has 0 aliphatic carbocycles. The van der Waals surface area contributed by atoms with Gasteiger partial charge in [0.2, 0.25) is 0 Å². The largest absolute Gasteiger partial charge is 0.144 e. The molecule has 3 aromatic rings. The molecule has 0 saturated carbocycles. The Labute approximate surface area is 117 Å². The van der Waals surface area contributed by atoms with E-state index in [9.17, 15) is 0 Å². The molecule has 0 fully saturated rings. The molecule has 1 aromatic heterocycles. The van der Waals surface area contributed by atoms with Crippen molar-refractivity contribution in [2.75, 3.05) is 0 Å². The lowest BCUT2D eigenvalue weighted by Crippen LogP contribution is -1.81. The van der Waals surface area contributed by atoms with Crippen molar-refractivity contribution < 1.29 is 0 Å². The Morgan fingerprint density at radius 2 is 1.47 bits per heavy atom. The third-order valence-electron chi connectivity index (χ3n) is 2.83. The van der Waals surface area contributed by atoms with Crippen molar-refractivity contribution in [2.45, 2.75) is 0 Å². The van der Waals surface area contributed by atoms with Gasteiger partial charge in [0.05, 0.1) is 0 Å². The highest BCUT2D eigenvalue weighted by molar-refractivity contribution is 7.13. The van der Waals surface area contributed by atoms with Crippen LogP contribution in [0.25, 0.3) is 10.4 Å². The molecule has 0 unspecified atom stereocenters. The Morgan fingerprint density at radius 3 is 2.26 bits per heavy atom. The average molecular weight is 260 g/mol. The summed E-state index contributed by atoms with van der Waals surface area (Å²) in [7, 11) is 0. The van der Waals surface area contributed by atoms with Crippen molar-refractivity contribution in [3.63, 3.8) is 0 Å². The molecule has 0 saturated heterocycles. The van der Waals surface area contributed by atoms with Crippen molar-refractivity contribution in [2.24, 2.45) is 0 Å². The molecule has 2 aromatic carbocycles. The predicted octanol–water partition coefficient (Wildman–Crippen LogP) is 4.81. The van der Waals surface area contributed by atoms with Crippen LogP contribution in [0.4, 0.5) is 0 Å². The Balaban J connectivity index is 2.01. The van der Waals surface area contributed by atoms with E-state index in [1.807, 2.05) is 36.4 Å². The fraction of sp³-hybridized carbons (Fsp3) is 0. The maximum absolute atomic E-state index is 3.27. The number of hydrogen-bond donors (Lipinski definition) is 0. The molecule has 1 heterocycles. The maximum Gasteiger partial charge on any atom is 0.0355 e. The minimum Gasteiger partial charge on any atom is -0.144 e. The molecule has 19 heavy (non-hydrogen) atoms. The summed E-state index contributed by atoms with van der Waals surface area (Å²) in [6, 6.07) is 22.6. The molecule has 0 atom stereocenters. The van der Waals surface area contributed by atoms with E-state index in [0.29, 0.717) is 0 Å². The van der Waals surface area contributed by atoms with Gasteiger partial charge in [-0.2, -0.15) is 0 Å². The first-order chi connectivity index (χ1) is 9.43. The predicted molar refractivity (Wildman–Crippen MR) is 82.2 cm³/mol. The summed E-state index contributed by atoms with van der Waals surface area (Å²) < 4.78 is 0. The highest BCUT2D eigenvalue weighted by Gasteiger charge is 2.02. The van der Waals surface area contributed by atoms with E-state index in [4.69, 9.17) is 0 Å². The molecular weight excluding hydrogens is 248 g/mol. The van der Waals surface area contributed by atoms with E-state index in [0.717, 1.165) is 11.1 Å². The average Bonchev–Trinajstić information content (AvgIpc) is 3.01.